The van der Waals surface area contributed by atoms with E-state index in [4.69, 9.17) is 4.74 Å². The summed E-state index contributed by atoms with van der Waals surface area (Å²) >= 11 is 0. The third kappa shape index (κ3) is 7.37. The molecule has 1 atom stereocenters. The van der Waals surface area contributed by atoms with Gasteiger partial charge in [-0.15, -0.1) is 24.0 Å². The van der Waals surface area contributed by atoms with E-state index in [9.17, 15) is 13.2 Å². The number of benzene rings is 1. The number of aryl methyl sites for hydroxylation is 1. The zero-order valence-corrected chi connectivity index (χ0v) is 20.1. The van der Waals surface area contributed by atoms with Crippen LogP contribution in [-0.4, -0.2) is 46.9 Å². The van der Waals surface area contributed by atoms with Crippen molar-refractivity contribution < 1.29 is 17.9 Å². The van der Waals surface area contributed by atoms with Gasteiger partial charge in [0.2, 0.25) is 0 Å². The van der Waals surface area contributed by atoms with Gasteiger partial charge in [-0.2, -0.15) is 18.3 Å². The largest absolute Gasteiger partial charge is 0.435 e. The van der Waals surface area contributed by atoms with E-state index in [2.05, 4.69) is 20.3 Å². The Morgan fingerprint density at radius 2 is 2.03 bits per heavy atom. The number of alkyl halides is 3. The van der Waals surface area contributed by atoms with Crippen molar-refractivity contribution in [1.29, 1.82) is 0 Å². The molecule has 1 unspecified atom stereocenters. The molecule has 1 aromatic heterocycles. The van der Waals surface area contributed by atoms with Crippen molar-refractivity contribution in [1.82, 2.24) is 20.0 Å². The standard InChI is InChI=1S/C21H28F3N5O.HI/c1-3-25-20(26-11-18-13-28(2)27-19(18)21(22,23)24)29-10-9-17(12-29)15-30-14-16-7-5-4-6-8-16;/h4-8,13,17H,3,9-12,14-15H2,1-2H3,(H,25,26);1H. The molecule has 1 aliphatic rings. The first-order chi connectivity index (χ1) is 14.4. The minimum absolute atomic E-state index is 0. The zero-order valence-electron chi connectivity index (χ0n) is 17.7. The monoisotopic (exact) mass is 551 g/mol. The third-order valence-electron chi connectivity index (χ3n) is 4.96. The highest BCUT2D eigenvalue weighted by molar-refractivity contribution is 14.0. The van der Waals surface area contributed by atoms with Crippen LogP contribution in [0.15, 0.2) is 41.5 Å². The molecule has 31 heavy (non-hydrogen) atoms. The highest BCUT2D eigenvalue weighted by Gasteiger charge is 2.37. The second-order valence-corrected chi connectivity index (χ2v) is 7.45. The number of likely N-dealkylation sites (tertiary alicyclic amines) is 1. The van der Waals surface area contributed by atoms with Gasteiger partial charge >= 0.3 is 6.18 Å². The molecular weight excluding hydrogens is 522 g/mol. The number of halogens is 4. The second-order valence-electron chi connectivity index (χ2n) is 7.45. The lowest BCUT2D eigenvalue weighted by atomic mass is 10.1. The van der Waals surface area contributed by atoms with E-state index in [0.717, 1.165) is 25.1 Å². The fourth-order valence-corrected chi connectivity index (χ4v) is 3.56. The molecule has 1 aromatic carbocycles. The summed E-state index contributed by atoms with van der Waals surface area (Å²) in [4.78, 5) is 6.54. The van der Waals surface area contributed by atoms with Crippen LogP contribution in [0.25, 0.3) is 0 Å². The maximum Gasteiger partial charge on any atom is 0.435 e. The first kappa shape index (κ1) is 25.4. The molecule has 1 N–H and O–H groups in total. The topological polar surface area (TPSA) is 54.7 Å². The molecule has 0 radical (unpaired) electrons. The lowest BCUT2D eigenvalue weighted by Crippen LogP contribution is -2.40. The van der Waals surface area contributed by atoms with Gasteiger partial charge < -0.3 is 15.0 Å². The van der Waals surface area contributed by atoms with Crippen LogP contribution in [0, 0.1) is 5.92 Å². The van der Waals surface area contributed by atoms with Crippen LogP contribution in [-0.2, 0) is 31.1 Å². The number of nitrogens with one attached hydrogen (secondary N) is 1. The molecule has 2 heterocycles. The van der Waals surface area contributed by atoms with E-state index in [-0.39, 0.29) is 36.1 Å². The van der Waals surface area contributed by atoms with E-state index in [1.807, 2.05) is 37.3 Å². The molecule has 0 spiro atoms. The number of ether oxygens (including phenoxy) is 1. The summed E-state index contributed by atoms with van der Waals surface area (Å²) in [5.74, 6) is 0.988. The van der Waals surface area contributed by atoms with E-state index >= 15 is 0 Å². The summed E-state index contributed by atoms with van der Waals surface area (Å²) in [5.41, 5.74) is 0.333. The molecule has 1 fully saturated rings. The average Bonchev–Trinajstić information content (AvgIpc) is 3.32. The molecule has 1 aliphatic heterocycles. The van der Waals surface area contributed by atoms with Crippen molar-refractivity contribution in [3.05, 3.63) is 53.3 Å². The summed E-state index contributed by atoms with van der Waals surface area (Å²) in [6.45, 7) is 5.29. The van der Waals surface area contributed by atoms with Gasteiger partial charge in [-0.1, -0.05) is 30.3 Å². The van der Waals surface area contributed by atoms with E-state index in [1.54, 1.807) is 0 Å². The highest BCUT2D eigenvalue weighted by atomic mass is 127. The van der Waals surface area contributed by atoms with Crippen LogP contribution in [0.3, 0.4) is 0 Å². The summed E-state index contributed by atoms with van der Waals surface area (Å²) in [6, 6.07) is 10.0. The molecule has 0 amide bonds. The summed E-state index contributed by atoms with van der Waals surface area (Å²) in [5, 5.41) is 6.73. The number of hydrogen-bond donors (Lipinski definition) is 1. The van der Waals surface area contributed by atoms with Crippen molar-refractivity contribution in [2.75, 3.05) is 26.2 Å². The second kappa shape index (κ2) is 11.7. The van der Waals surface area contributed by atoms with Gasteiger partial charge in [-0.25, -0.2) is 4.99 Å². The molecule has 3 rings (SSSR count). The number of aromatic nitrogens is 2. The minimum atomic E-state index is -4.49. The van der Waals surface area contributed by atoms with Crippen LogP contribution >= 0.6 is 24.0 Å². The summed E-state index contributed by atoms with van der Waals surface area (Å²) in [6.07, 6.45) is -2.15. The average molecular weight is 551 g/mol. The smallest absolute Gasteiger partial charge is 0.376 e. The first-order valence-electron chi connectivity index (χ1n) is 10.1. The van der Waals surface area contributed by atoms with Crippen LogP contribution in [0.2, 0.25) is 0 Å². The van der Waals surface area contributed by atoms with Crippen molar-refractivity contribution in [3.8, 4) is 0 Å². The van der Waals surface area contributed by atoms with Gasteiger partial charge in [-0.3, -0.25) is 4.68 Å². The van der Waals surface area contributed by atoms with Crippen molar-refractivity contribution >= 4 is 29.9 Å². The Morgan fingerprint density at radius 1 is 1.29 bits per heavy atom. The minimum Gasteiger partial charge on any atom is -0.376 e. The lowest BCUT2D eigenvalue weighted by Gasteiger charge is -2.21. The van der Waals surface area contributed by atoms with Gasteiger partial charge in [0.25, 0.3) is 0 Å². The molecular formula is C21H29F3IN5O. The summed E-state index contributed by atoms with van der Waals surface area (Å²) in [7, 11) is 1.48. The molecule has 6 nitrogen and oxygen atoms in total. The van der Waals surface area contributed by atoms with Crippen molar-refractivity contribution in [2.24, 2.45) is 18.0 Å². The maximum absolute atomic E-state index is 13.2. The normalized spacial score (nSPS) is 17.0. The molecule has 0 saturated carbocycles. The number of hydrogen-bond acceptors (Lipinski definition) is 3. The number of guanidine groups is 1. The van der Waals surface area contributed by atoms with E-state index < -0.39 is 11.9 Å². The van der Waals surface area contributed by atoms with Gasteiger partial charge in [0.05, 0.1) is 19.8 Å². The SMILES string of the molecule is CCNC(=NCc1cn(C)nc1C(F)(F)F)N1CCC(COCc2ccccc2)C1.I. The summed E-state index contributed by atoms with van der Waals surface area (Å²) < 4.78 is 46.5. The molecule has 0 bridgehead atoms. The fraction of sp³-hybridized carbons (Fsp3) is 0.524. The highest BCUT2D eigenvalue weighted by Crippen LogP contribution is 2.31. The molecule has 0 aliphatic carbocycles. The first-order valence-corrected chi connectivity index (χ1v) is 10.1. The molecule has 172 valence electrons. The Balaban J connectivity index is 0.00000341. The Morgan fingerprint density at radius 3 is 2.71 bits per heavy atom. The molecule has 10 heteroatoms. The van der Waals surface area contributed by atoms with Crippen molar-refractivity contribution in [3.63, 3.8) is 0 Å². The maximum atomic E-state index is 13.2. The van der Waals surface area contributed by atoms with Crippen LogP contribution < -0.4 is 5.32 Å². The van der Waals surface area contributed by atoms with E-state index in [1.165, 1.54) is 17.9 Å². The number of aliphatic imine (C=N–C) groups is 1. The number of nitrogens with zero attached hydrogens (tertiary/aromatic N) is 4. The van der Waals surface area contributed by atoms with Crippen LogP contribution in [0.5, 0.6) is 0 Å². The predicted octanol–water partition coefficient (Wildman–Crippen LogP) is 4.06. The quantitative estimate of drug-likeness (QED) is 0.321. The van der Waals surface area contributed by atoms with Gasteiger partial charge in [-0.05, 0) is 18.9 Å². The van der Waals surface area contributed by atoms with Gasteiger partial charge in [0.15, 0.2) is 11.7 Å². The van der Waals surface area contributed by atoms with Gasteiger partial charge in [0, 0.05) is 44.4 Å². The third-order valence-corrected chi connectivity index (χ3v) is 4.96. The Hall–Kier alpha value is -1.82. The predicted molar refractivity (Wildman–Crippen MR) is 124 cm³/mol. The molecule has 2 aromatic rings. The Kier molecular flexibility index (Phi) is 9.60. The van der Waals surface area contributed by atoms with Crippen molar-refractivity contribution in [2.45, 2.75) is 32.7 Å². The fourth-order valence-electron chi connectivity index (χ4n) is 3.56. The van der Waals surface area contributed by atoms with Crippen LogP contribution in [0.1, 0.15) is 30.2 Å². The lowest BCUT2D eigenvalue weighted by molar-refractivity contribution is -0.142. The van der Waals surface area contributed by atoms with E-state index in [0.29, 0.717) is 31.6 Å². The Bertz CT molecular complexity index is 841. The van der Waals surface area contributed by atoms with Gasteiger partial charge in [0.1, 0.15) is 0 Å². The van der Waals surface area contributed by atoms with Crippen LogP contribution in [0.4, 0.5) is 13.2 Å². The number of rotatable bonds is 7. The zero-order chi connectivity index (χ0) is 21.6. The molecule has 1 saturated heterocycles. The Labute approximate surface area is 197 Å².